The highest BCUT2D eigenvalue weighted by Crippen LogP contribution is 2.29. The van der Waals surface area contributed by atoms with E-state index >= 15 is 0 Å². The summed E-state index contributed by atoms with van der Waals surface area (Å²) in [6, 6.07) is 10.2. The van der Waals surface area contributed by atoms with Crippen LogP contribution in [0.1, 0.15) is 18.4 Å². The molecule has 2 aromatic carbocycles. The number of nitro groups is 1. The van der Waals surface area contributed by atoms with Crippen LogP contribution in [0.25, 0.3) is 6.08 Å². The maximum atomic E-state index is 12.9. The van der Waals surface area contributed by atoms with Crippen LogP contribution < -0.4 is 4.74 Å². The molecule has 124 valence electrons. The van der Waals surface area contributed by atoms with E-state index in [2.05, 4.69) is 4.90 Å². The lowest BCUT2D eigenvalue weighted by molar-refractivity contribution is -0.385. The zero-order valence-corrected chi connectivity index (χ0v) is 13.0. The van der Waals surface area contributed by atoms with Crippen LogP contribution >= 0.6 is 0 Å². The van der Waals surface area contributed by atoms with Gasteiger partial charge in [0.2, 0.25) is 0 Å². The van der Waals surface area contributed by atoms with Gasteiger partial charge >= 0.3 is 0 Å². The molecule has 0 N–H and O–H groups in total. The number of nitrogens with zero attached hydrogens (tertiary/aromatic N) is 2. The summed E-state index contributed by atoms with van der Waals surface area (Å²) in [6.45, 7) is 1.96. The third-order valence-corrected chi connectivity index (χ3v) is 3.85. The Bertz CT molecular complexity index is 753. The molecule has 0 atom stereocenters. The first-order valence-corrected chi connectivity index (χ1v) is 7.76. The number of hydrogen-bond donors (Lipinski definition) is 0. The van der Waals surface area contributed by atoms with E-state index in [9.17, 15) is 14.5 Å². The minimum absolute atomic E-state index is 0.0231. The van der Waals surface area contributed by atoms with Crippen molar-refractivity contribution >= 4 is 11.8 Å². The summed E-state index contributed by atoms with van der Waals surface area (Å²) in [7, 11) is 0. The highest BCUT2D eigenvalue weighted by atomic mass is 19.1. The van der Waals surface area contributed by atoms with Crippen LogP contribution in [0.5, 0.6) is 11.5 Å². The second kappa shape index (κ2) is 7.12. The largest absolute Gasteiger partial charge is 0.457 e. The van der Waals surface area contributed by atoms with Gasteiger partial charge in [-0.3, -0.25) is 10.1 Å². The van der Waals surface area contributed by atoms with Gasteiger partial charge < -0.3 is 9.64 Å². The lowest BCUT2D eigenvalue weighted by Gasteiger charge is -2.10. The summed E-state index contributed by atoms with van der Waals surface area (Å²) >= 11 is 0. The number of rotatable bonds is 5. The summed E-state index contributed by atoms with van der Waals surface area (Å²) in [5.74, 6) is 0.397. The summed E-state index contributed by atoms with van der Waals surface area (Å²) in [5, 5.41) is 11.3. The van der Waals surface area contributed by atoms with Crippen LogP contribution in [0, 0.1) is 15.9 Å². The molecule has 0 unspecified atom stereocenters. The van der Waals surface area contributed by atoms with E-state index in [1.807, 2.05) is 6.20 Å². The van der Waals surface area contributed by atoms with E-state index in [1.165, 1.54) is 30.3 Å². The monoisotopic (exact) mass is 328 g/mol. The number of ether oxygens (including phenoxy) is 1. The minimum Gasteiger partial charge on any atom is -0.457 e. The second-order valence-electron chi connectivity index (χ2n) is 5.59. The topological polar surface area (TPSA) is 55.6 Å². The Morgan fingerprint density at radius 3 is 2.42 bits per heavy atom. The summed E-state index contributed by atoms with van der Waals surface area (Å²) < 4.78 is 18.5. The SMILES string of the molecule is O=[N+]([O-])c1cc(Oc2ccc(F)cc2)ccc1C=CN1CCCC1. The first-order chi connectivity index (χ1) is 11.6. The molecule has 1 fully saturated rings. The van der Waals surface area contributed by atoms with Crippen molar-refractivity contribution < 1.29 is 14.1 Å². The number of likely N-dealkylation sites (tertiary alicyclic amines) is 1. The Morgan fingerprint density at radius 2 is 1.75 bits per heavy atom. The fraction of sp³-hybridized carbons (Fsp3) is 0.222. The first kappa shape index (κ1) is 16.0. The Balaban J connectivity index is 1.81. The van der Waals surface area contributed by atoms with E-state index in [0.29, 0.717) is 17.1 Å². The maximum absolute atomic E-state index is 12.9. The average molecular weight is 328 g/mol. The third-order valence-electron chi connectivity index (χ3n) is 3.85. The van der Waals surface area contributed by atoms with E-state index in [4.69, 9.17) is 4.74 Å². The zero-order chi connectivity index (χ0) is 16.9. The van der Waals surface area contributed by atoms with Crippen molar-refractivity contribution in [2.24, 2.45) is 0 Å². The van der Waals surface area contributed by atoms with Gasteiger partial charge in [-0.1, -0.05) is 0 Å². The molecule has 24 heavy (non-hydrogen) atoms. The lowest BCUT2D eigenvalue weighted by Crippen LogP contribution is -2.10. The first-order valence-electron chi connectivity index (χ1n) is 7.76. The fourth-order valence-corrected chi connectivity index (χ4v) is 2.60. The predicted octanol–water partition coefficient (Wildman–Crippen LogP) is 4.59. The highest BCUT2D eigenvalue weighted by molar-refractivity contribution is 5.62. The van der Waals surface area contributed by atoms with Crippen LogP contribution in [0.15, 0.2) is 48.7 Å². The molecule has 5 nitrogen and oxygen atoms in total. The second-order valence-corrected chi connectivity index (χ2v) is 5.59. The molecule has 0 aromatic heterocycles. The zero-order valence-electron chi connectivity index (χ0n) is 13.0. The normalized spacial score (nSPS) is 14.3. The molecule has 0 saturated carbocycles. The minimum atomic E-state index is -0.429. The molecule has 0 spiro atoms. The fourth-order valence-electron chi connectivity index (χ4n) is 2.60. The smallest absolute Gasteiger partial charge is 0.280 e. The van der Waals surface area contributed by atoms with Crippen LogP contribution in [0.2, 0.25) is 0 Å². The van der Waals surface area contributed by atoms with Crippen molar-refractivity contribution in [1.82, 2.24) is 4.90 Å². The van der Waals surface area contributed by atoms with E-state index in [0.717, 1.165) is 25.9 Å². The number of benzene rings is 2. The van der Waals surface area contributed by atoms with Crippen molar-refractivity contribution in [1.29, 1.82) is 0 Å². The molecule has 0 bridgehead atoms. The third kappa shape index (κ3) is 3.90. The molecule has 2 aromatic rings. The van der Waals surface area contributed by atoms with Crippen LogP contribution in [0.3, 0.4) is 0 Å². The molecular formula is C18H17FN2O3. The average Bonchev–Trinajstić information content (AvgIpc) is 3.09. The van der Waals surface area contributed by atoms with E-state index in [-0.39, 0.29) is 11.5 Å². The predicted molar refractivity (Wildman–Crippen MR) is 89.4 cm³/mol. The van der Waals surface area contributed by atoms with Gasteiger partial charge in [0.25, 0.3) is 5.69 Å². The molecule has 1 heterocycles. The van der Waals surface area contributed by atoms with E-state index in [1.54, 1.807) is 18.2 Å². The molecule has 3 rings (SSSR count). The molecule has 1 aliphatic rings. The molecule has 0 amide bonds. The van der Waals surface area contributed by atoms with Gasteiger partial charge in [-0.15, -0.1) is 0 Å². The molecule has 6 heteroatoms. The van der Waals surface area contributed by atoms with Crippen molar-refractivity contribution in [2.45, 2.75) is 12.8 Å². The van der Waals surface area contributed by atoms with Gasteiger partial charge in [-0.25, -0.2) is 4.39 Å². The Labute approximate surface area is 139 Å². The van der Waals surface area contributed by atoms with Crippen molar-refractivity contribution in [3.8, 4) is 11.5 Å². The number of hydrogen-bond acceptors (Lipinski definition) is 4. The van der Waals surface area contributed by atoms with E-state index < -0.39 is 4.92 Å². The van der Waals surface area contributed by atoms with Gasteiger partial charge in [-0.05, 0) is 61.5 Å². The van der Waals surface area contributed by atoms with Crippen molar-refractivity contribution in [3.63, 3.8) is 0 Å². The Morgan fingerprint density at radius 1 is 1.08 bits per heavy atom. The van der Waals surface area contributed by atoms with Gasteiger partial charge in [0.1, 0.15) is 17.3 Å². The molecule has 1 aliphatic heterocycles. The standard InChI is InChI=1S/C18H17FN2O3/c19-15-4-7-16(8-5-15)24-17-6-3-14(18(13-17)21(22)23)9-12-20-10-1-2-11-20/h3-9,12-13H,1-2,10-11H2. The Kier molecular flexibility index (Phi) is 4.74. The number of nitro benzene ring substituents is 1. The molecule has 1 saturated heterocycles. The van der Waals surface area contributed by atoms with Crippen molar-refractivity contribution in [2.75, 3.05) is 13.1 Å². The van der Waals surface area contributed by atoms with Crippen LogP contribution in [-0.4, -0.2) is 22.9 Å². The number of halogens is 1. The van der Waals surface area contributed by atoms with Crippen LogP contribution in [0.4, 0.5) is 10.1 Å². The van der Waals surface area contributed by atoms with Gasteiger partial charge in [-0.2, -0.15) is 0 Å². The molecular weight excluding hydrogens is 311 g/mol. The van der Waals surface area contributed by atoms with Crippen molar-refractivity contribution in [3.05, 3.63) is 70.2 Å². The summed E-state index contributed by atoms with van der Waals surface area (Å²) in [4.78, 5) is 13.0. The maximum Gasteiger partial charge on any atom is 0.280 e. The van der Waals surface area contributed by atoms with Gasteiger partial charge in [0.15, 0.2) is 0 Å². The van der Waals surface area contributed by atoms with Gasteiger partial charge in [0.05, 0.1) is 16.6 Å². The molecule has 0 radical (unpaired) electrons. The lowest BCUT2D eigenvalue weighted by atomic mass is 10.1. The van der Waals surface area contributed by atoms with Gasteiger partial charge in [0, 0.05) is 13.1 Å². The van der Waals surface area contributed by atoms with Crippen LogP contribution in [-0.2, 0) is 0 Å². The summed E-state index contributed by atoms with van der Waals surface area (Å²) in [5.41, 5.74) is 0.503. The Hall–Kier alpha value is -2.89. The summed E-state index contributed by atoms with van der Waals surface area (Å²) in [6.07, 6.45) is 5.95. The molecule has 0 aliphatic carbocycles. The highest BCUT2D eigenvalue weighted by Gasteiger charge is 2.14. The quantitative estimate of drug-likeness (QED) is 0.595.